The van der Waals surface area contributed by atoms with Gasteiger partial charge in [0.25, 0.3) is 0 Å². The molecule has 2 atom stereocenters. The van der Waals surface area contributed by atoms with Crippen molar-refractivity contribution < 1.29 is 9.84 Å². The highest BCUT2D eigenvalue weighted by molar-refractivity contribution is 5.95. The van der Waals surface area contributed by atoms with Gasteiger partial charge in [-0.25, -0.2) is 4.99 Å². The minimum absolute atomic E-state index is 0.0187. The second-order valence-electron chi connectivity index (χ2n) is 3.71. The van der Waals surface area contributed by atoms with Gasteiger partial charge in [0.1, 0.15) is 6.10 Å². The number of hydrogen-bond acceptors (Lipinski definition) is 3. The Morgan fingerprint density at radius 3 is 2.73 bits per heavy atom. The SMILES string of the molecule is CC1N=C(c2ccccc2)OC1CCO. The Morgan fingerprint density at radius 2 is 2.07 bits per heavy atom. The highest BCUT2D eigenvalue weighted by Crippen LogP contribution is 2.19. The number of benzene rings is 1. The molecule has 1 aliphatic rings. The molecule has 3 heteroatoms. The molecular formula is C12H15NO2. The van der Waals surface area contributed by atoms with Gasteiger partial charge in [0.15, 0.2) is 0 Å². The lowest BCUT2D eigenvalue weighted by Gasteiger charge is -2.12. The molecule has 0 spiro atoms. The fraction of sp³-hybridized carbons (Fsp3) is 0.417. The Balaban J connectivity index is 2.11. The Morgan fingerprint density at radius 1 is 1.33 bits per heavy atom. The molecule has 0 fully saturated rings. The van der Waals surface area contributed by atoms with Gasteiger partial charge in [0.05, 0.1) is 6.04 Å². The number of nitrogens with zero attached hydrogens (tertiary/aromatic N) is 1. The van der Waals surface area contributed by atoms with Crippen LogP contribution < -0.4 is 0 Å². The molecule has 0 amide bonds. The van der Waals surface area contributed by atoms with Gasteiger partial charge in [0.2, 0.25) is 5.90 Å². The average molecular weight is 205 g/mol. The molecule has 0 saturated heterocycles. The van der Waals surface area contributed by atoms with Crippen LogP contribution in [0.15, 0.2) is 35.3 Å². The van der Waals surface area contributed by atoms with Crippen LogP contribution in [0.4, 0.5) is 0 Å². The molecule has 1 N–H and O–H groups in total. The topological polar surface area (TPSA) is 41.8 Å². The molecule has 1 heterocycles. The zero-order valence-electron chi connectivity index (χ0n) is 8.76. The van der Waals surface area contributed by atoms with E-state index in [1.54, 1.807) is 0 Å². The van der Waals surface area contributed by atoms with Crippen LogP contribution in [-0.2, 0) is 4.74 Å². The molecule has 1 aromatic carbocycles. The van der Waals surface area contributed by atoms with E-state index < -0.39 is 0 Å². The molecule has 2 unspecified atom stereocenters. The number of rotatable bonds is 3. The summed E-state index contributed by atoms with van der Waals surface area (Å²) in [6, 6.07) is 9.98. The van der Waals surface area contributed by atoms with E-state index in [1.807, 2.05) is 37.3 Å². The molecule has 2 rings (SSSR count). The van der Waals surface area contributed by atoms with E-state index in [0.29, 0.717) is 12.3 Å². The van der Waals surface area contributed by atoms with Crippen LogP contribution in [0.2, 0.25) is 0 Å². The van der Waals surface area contributed by atoms with Gasteiger partial charge >= 0.3 is 0 Å². The van der Waals surface area contributed by atoms with Gasteiger partial charge in [-0.1, -0.05) is 18.2 Å². The van der Waals surface area contributed by atoms with Crippen molar-refractivity contribution in [1.82, 2.24) is 0 Å². The molecule has 15 heavy (non-hydrogen) atoms. The third-order valence-electron chi connectivity index (χ3n) is 2.56. The number of aliphatic imine (C=N–C) groups is 1. The molecule has 0 bridgehead atoms. The number of hydrogen-bond donors (Lipinski definition) is 1. The number of ether oxygens (including phenoxy) is 1. The summed E-state index contributed by atoms with van der Waals surface area (Å²) in [7, 11) is 0. The highest BCUT2D eigenvalue weighted by atomic mass is 16.5. The Labute approximate surface area is 89.4 Å². The summed E-state index contributed by atoms with van der Waals surface area (Å²) < 4.78 is 5.69. The number of aliphatic hydroxyl groups excluding tert-OH is 1. The van der Waals surface area contributed by atoms with Gasteiger partial charge < -0.3 is 9.84 Å². The zero-order chi connectivity index (χ0) is 10.7. The van der Waals surface area contributed by atoms with Crippen LogP contribution >= 0.6 is 0 Å². The molecule has 1 aliphatic heterocycles. The molecule has 0 aliphatic carbocycles. The van der Waals surface area contributed by atoms with E-state index in [-0.39, 0.29) is 18.8 Å². The van der Waals surface area contributed by atoms with Crippen molar-refractivity contribution in [1.29, 1.82) is 0 Å². The maximum Gasteiger partial charge on any atom is 0.216 e. The van der Waals surface area contributed by atoms with E-state index in [2.05, 4.69) is 4.99 Å². The minimum Gasteiger partial charge on any atom is -0.472 e. The fourth-order valence-corrected chi connectivity index (χ4v) is 1.69. The van der Waals surface area contributed by atoms with Crippen LogP contribution in [0.1, 0.15) is 18.9 Å². The van der Waals surface area contributed by atoms with Crippen LogP contribution in [0, 0.1) is 0 Å². The first-order chi connectivity index (χ1) is 7.31. The van der Waals surface area contributed by atoms with Crippen LogP contribution in [0.3, 0.4) is 0 Å². The van der Waals surface area contributed by atoms with Crippen LogP contribution in [0.25, 0.3) is 0 Å². The fourth-order valence-electron chi connectivity index (χ4n) is 1.69. The van der Waals surface area contributed by atoms with Crippen LogP contribution in [-0.4, -0.2) is 29.8 Å². The monoisotopic (exact) mass is 205 g/mol. The molecule has 3 nitrogen and oxygen atoms in total. The highest BCUT2D eigenvalue weighted by Gasteiger charge is 2.27. The summed E-state index contributed by atoms with van der Waals surface area (Å²) in [4.78, 5) is 4.44. The smallest absolute Gasteiger partial charge is 0.216 e. The second kappa shape index (κ2) is 4.45. The maximum absolute atomic E-state index is 8.87. The standard InChI is InChI=1S/C12H15NO2/c1-9-11(7-8-14)15-12(13-9)10-5-3-2-4-6-10/h2-6,9,11,14H,7-8H2,1H3. The van der Waals surface area contributed by atoms with E-state index in [9.17, 15) is 0 Å². The van der Waals surface area contributed by atoms with Gasteiger partial charge in [-0.05, 0) is 19.1 Å². The maximum atomic E-state index is 8.87. The summed E-state index contributed by atoms with van der Waals surface area (Å²) in [5.41, 5.74) is 1.00. The quantitative estimate of drug-likeness (QED) is 0.814. The predicted molar refractivity (Wildman–Crippen MR) is 59.0 cm³/mol. The molecule has 0 radical (unpaired) electrons. The van der Waals surface area contributed by atoms with Crippen molar-refractivity contribution in [2.75, 3.05) is 6.61 Å². The van der Waals surface area contributed by atoms with Crippen molar-refractivity contribution in [3.63, 3.8) is 0 Å². The minimum atomic E-state index is 0.0187. The van der Waals surface area contributed by atoms with Crippen molar-refractivity contribution in [3.05, 3.63) is 35.9 Å². The first-order valence-electron chi connectivity index (χ1n) is 5.22. The summed E-state index contributed by atoms with van der Waals surface area (Å²) in [6.07, 6.45) is 0.659. The van der Waals surface area contributed by atoms with Gasteiger partial charge in [0, 0.05) is 18.6 Å². The average Bonchev–Trinajstić information content (AvgIpc) is 2.63. The molecule has 0 aromatic heterocycles. The van der Waals surface area contributed by atoms with Crippen molar-refractivity contribution >= 4 is 5.90 Å². The Hall–Kier alpha value is -1.35. The summed E-state index contributed by atoms with van der Waals surface area (Å²) >= 11 is 0. The van der Waals surface area contributed by atoms with E-state index in [4.69, 9.17) is 9.84 Å². The molecule has 80 valence electrons. The van der Waals surface area contributed by atoms with Crippen LogP contribution in [0.5, 0.6) is 0 Å². The summed E-state index contributed by atoms with van der Waals surface area (Å²) in [6.45, 7) is 2.16. The normalized spacial score (nSPS) is 24.8. The van der Waals surface area contributed by atoms with Crippen molar-refractivity contribution in [2.24, 2.45) is 4.99 Å². The van der Waals surface area contributed by atoms with E-state index in [1.165, 1.54) is 0 Å². The summed E-state index contributed by atoms with van der Waals surface area (Å²) in [5, 5.41) is 8.87. The molecule has 0 saturated carbocycles. The molecule has 1 aromatic rings. The van der Waals surface area contributed by atoms with Gasteiger partial charge in [-0.3, -0.25) is 0 Å². The largest absolute Gasteiger partial charge is 0.472 e. The lowest BCUT2D eigenvalue weighted by molar-refractivity contribution is 0.150. The predicted octanol–water partition coefficient (Wildman–Crippen LogP) is 1.60. The van der Waals surface area contributed by atoms with Crippen molar-refractivity contribution in [2.45, 2.75) is 25.5 Å². The first kappa shape index (κ1) is 10.2. The lowest BCUT2D eigenvalue weighted by atomic mass is 10.1. The third kappa shape index (κ3) is 2.18. The van der Waals surface area contributed by atoms with Crippen molar-refractivity contribution in [3.8, 4) is 0 Å². The third-order valence-corrected chi connectivity index (χ3v) is 2.56. The Kier molecular flexibility index (Phi) is 3.02. The zero-order valence-corrected chi connectivity index (χ0v) is 8.76. The van der Waals surface area contributed by atoms with Gasteiger partial charge in [-0.15, -0.1) is 0 Å². The van der Waals surface area contributed by atoms with Gasteiger partial charge in [-0.2, -0.15) is 0 Å². The lowest BCUT2D eigenvalue weighted by Crippen LogP contribution is -2.21. The Bertz CT molecular complexity index is 348. The molecular weight excluding hydrogens is 190 g/mol. The van der Waals surface area contributed by atoms with E-state index >= 15 is 0 Å². The summed E-state index contributed by atoms with van der Waals surface area (Å²) in [5.74, 6) is 0.696. The van der Waals surface area contributed by atoms with E-state index in [0.717, 1.165) is 5.56 Å². The second-order valence-corrected chi connectivity index (χ2v) is 3.71. The first-order valence-corrected chi connectivity index (χ1v) is 5.22. The number of aliphatic hydroxyl groups is 1.